The number of fused-ring (bicyclic) bond motifs is 2. The predicted molar refractivity (Wildman–Crippen MR) is 121 cm³/mol. The van der Waals surface area contributed by atoms with Gasteiger partial charge < -0.3 is 4.90 Å². The minimum atomic E-state index is -4.43. The molecule has 0 aliphatic carbocycles. The monoisotopic (exact) mass is 485 g/mol. The Morgan fingerprint density at radius 3 is 2.29 bits per heavy atom. The second-order valence-corrected chi connectivity index (χ2v) is 9.77. The lowest BCUT2D eigenvalue weighted by Gasteiger charge is -2.42. The molecule has 0 bridgehead atoms. The molecule has 35 heavy (non-hydrogen) atoms. The number of piperidine rings is 1. The fourth-order valence-electron chi connectivity index (χ4n) is 5.84. The van der Waals surface area contributed by atoms with Gasteiger partial charge in [0.2, 0.25) is 17.7 Å². The molecule has 3 aliphatic heterocycles. The third-order valence-electron chi connectivity index (χ3n) is 7.63. The number of alkyl halides is 3. The van der Waals surface area contributed by atoms with Crippen molar-refractivity contribution in [2.75, 3.05) is 13.6 Å². The fraction of sp³-hybridized carbons (Fsp3) is 0.423. The summed E-state index contributed by atoms with van der Waals surface area (Å²) < 4.78 is 38.8. The van der Waals surface area contributed by atoms with E-state index in [0.29, 0.717) is 24.9 Å². The van der Waals surface area contributed by atoms with Crippen LogP contribution in [0.2, 0.25) is 0 Å². The molecular formula is C26H26F3N3O3. The molecular weight excluding hydrogens is 459 g/mol. The average molecular weight is 486 g/mol. The average Bonchev–Trinajstić information content (AvgIpc) is 3.27. The van der Waals surface area contributed by atoms with Gasteiger partial charge in [0.05, 0.1) is 17.4 Å². The van der Waals surface area contributed by atoms with Crippen LogP contribution in [-0.4, -0.2) is 46.7 Å². The van der Waals surface area contributed by atoms with Crippen LogP contribution in [0.3, 0.4) is 0 Å². The van der Waals surface area contributed by atoms with Crippen molar-refractivity contribution in [3.63, 3.8) is 0 Å². The van der Waals surface area contributed by atoms with Gasteiger partial charge in [-0.1, -0.05) is 42.0 Å². The number of likely N-dealkylation sites (tertiary alicyclic amines) is 2. The standard InChI is InChI=1S/C26H26F3N3O3/c1-15-4-8-17(9-5-15)21-19-20(23(34)31(2)22(19)33)25(30-21)12-3-13-32(24(25)35)14-16-6-10-18(11-7-16)26(27,28)29/h4-11,19-21,30H,3,12-14H2,1-2H3/t19-,20-,21-,25-/m1/s1. The van der Waals surface area contributed by atoms with Crippen LogP contribution in [0.25, 0.3) is 0 Å². The number of hydrogen-bond donors (Lipinski definition) is 1. The first-order valence-corrected chi connectivity index (χ1v) is 11.6. The summed E-state index contributed by atoms with van der Waals surface area (Å²) in [7, 11) is 1.45. The Kier molecular flexibility index (Phi) is 5.51. The van der Waals surface area contributed by atoms with Gasteiger partial charge >= 0.3 is 6.18 Å². The smallest absolute Gasteiger partial charge is 0.337 e. The second kappa shape index (κ2) is 8.19. The zero-order valence-electron chi connectivity index (χ0n) is 19.4. The van der Waals surface area contributed by atoms with Gasteiger partial charge in [-0.25, -0.2) is 0 Å². The minimum absolute atomic E-state index is 0.130. The van der Waals surface area contributed by atoms with Crippen molar-refractivity contribution in [1.29, 1.82) is 0 Å². The molecule has 1 spiro atoms. The van der Waals surface area contributed by atoms with E-state index in [1.807, 2.05) is 31.2 Å². The number of halogens is 3. The Morgan fingerprint density at radius 2 is 1.66 bits per heavy atom. The van der Waals surface area contributed by atoms with E-state index in [1.54, 1.807) is 4.90 Å². The zero-order chi connectivity index (χ0) is 25.1. The Bertz CT molecular complexity index is 1180. The molecule has 0 aromatic heterocycles. The molecule has 1 N–H and O–H groups in total. The molecule has 0 saturated carbocycles. The number of benzene rings is 2. The second-order valence-electron chi connectivity index (χ2n) is 9.77. The predicted octanol–water partition coefficient (Wildman–Crippen LogP) is 3.45. The number of nitrogens with zero attached hydrogens (tertiary/aromatic N) is 2. The summed E-state index contributed by atoms with van der Waals surface area (Å²) in [6.45, 7) is 2.51. The summed E-state index contributed by atoms with van der Waals surface area (Å²) >= 11 is 0. The molecule has 5 rings (SSSR count). The molecule has 3 saturated heterocycles. The van der Waals surface area contributed by atoms with Gasteiger partial charge in [0.15, 0.2) is 0 Å². The summed E-state index contributed by atoms with van der Waals surface area (Å²) in [6, 6.07) is 11.9. The van der Waals surface area contributed by atoms with E-state index < -0.39 is 35.2 Å². The third kappa shape index (κ3) is 3.73. The maximum Gasteiger partial charge on any atom is 0.416 e. The number of hydrogen-bond acceptors (Lipinski definition) is 4. The van der Waals surface area contributed by atoms with Crippen LogP contribution in [0.15, 0.2) is 48.5 Å². The van der Waals surface area contributed by atoms with Crippen molar-refractivity contribution in [3.8, 4) is 0 Å². The first-order valence-electron chi connectivity index (χ1n) is 11.6. The van der Waals surface area contributed by atoms with Crippen LogP contribution in [-0.2, 0) is 27.1 Å². The topological polar surface area (TPSA) is 69.7 Å². The van der Waals surface area contributed by atoms with Crippen molar-refractivity contribution in [2.24, 2.45) is 11.8 Å². The van der Waals surface area contributed by atoms with Crippen LogP contribution in [0, 0.1) is 18.8 Å². The Balaban J connectivity index is 1.47. The molecule has 3 aliphatic rings. The summed E-state index contributed by atoms with van der Waals surface area (Å²) in [6.07, 6.45) is -3.42. The summed E-state index contributed by atoms with van der Waals surface area (Å²) in [4.78, 5) is 43.0. The molecule has 0 unspecified atom stereocenters. The number of imide groups is 1. The highest BCUT2D eigenvalue weighted by atomic mass is 19.4. The van der Waals surface area contributed by atoms with E-state index in [1.165, 1.54) is 19.2 Å². The highest BCUT2D eigenvalue weighted by Crippen LogP contribution is 2.51. The zero-order valence-corrected chi connectivity index (χ0v) is 19.4. The van der Waals surface area contributed by atoms with Crippen LogP contribution < -0.4 is 5.32 Å². The van der Waals surface area contributed by atoms with Gasteiger partial charge in [-0.2, -0.15) is 13.2 Å². The van der Waals surface area contributed by atoms with Crippen LogP contribution in [0.4, 0.5) is 13.2 Å². The molecule has 9 heteroatoms. The Hall–Kier alpha value is -3.20. The molecule has 6 nitrogen and oxygen atoms in total. The number of aryl methyl sites for hydroxylation is 1. The Morgan fingerprint density at radius 1 is 1.00 bits per heavy atom. The number of nitrogens with one attached hydrogen (secondary N) is 1. The molecule has 184 valence electrons. The highest BCUT2D eigenvalue weighted by molar-refractivity contribution is 6.10. The number of carbonyl (C=O) groups is 3. The highest BCUT2D eigenvalue weighted by Gasteiger charge is 2.68. The maximum atomic E-state index is 13.9. The van der Waals surface area contributed by atoms with Gasteiger partial charge in [0, 0.05) is 26.2 Å². The molecule has 2 aromatic carbocycles. The summed E-state index contributed by atoms with van der Waals surface area (Å²) in [5, 5.41) is 3.41. The molecule has 3 fully saturated rings. The molecule has 2 aromatic rings. The van der Waals surface area contributed by atoms with E-state index in [2.05, 4.69) is 5.32 Å². The van der Waals surface area contributed by atoms with Gasteiger partial charge in [-0.15, -0.1) is 0 Å². The van der Waals surface area contributed by atoms with Crippen molar-refractivity contribution >= 4 is 17.7 Å². The van der Waals surface area contributed by atoms with E-state index in [-0.39, 0.29) is 24.3 Å². The van der Waals surface area contributed by atoms with E-state index >= 15 is 0 Å². The lowest BCUT2D eigenvalue weighted by atomic mass is 9.74. The summed E-state index contributed by atoms with van der Waals surface area (Å²) in [5.74, 6) is -2.47. The molecule has 3 heterocycles. The molecule has 4 atom stereocenters. The lowest BCUT2D eigenvalue weighted by molar-refractivity contribution is -0.149. The van der Waals surface area contributed by atoms with Gasteiger partial charge in [0.1, 0.15) is 5.54 Å². The number of carbonyl (C=O) groups excluding carboxylic acids is 3. The van der Waals surface area contributed by atoms with E-state index in [4.69, 9.17) is 0 Å². The SMILES string of the molecule is Cc1ccc([C@H]2N[C@]3(CCCN(Cc4ccc(C(F)(F)F)cc4)C3=O)[C@H]3C(=O)N(C)C(=O)[C@@H]23)cc1. The first kappa shape index (κ1) is 23.5. The fourth-order valence-corrected chi connectivity index (χ4v) is 5.84. The minimum Gasteiger partial charge on any atom is -0.337 e. The van der Waals surface area contributed by atoms with Crippen molar-refractivity contribution in [1.82, 2.24) is 15.1 Å². The van der Waals surface area contributed by atoms with Crippen molar-refractivity contribution < 1.29 is 27.6 Å². The molecule has 3 amide bonds. The van der Waals surface area contributed by atoms with Crippen LogP contribution in [0.1, 0.15) is 41.1 Å². The van der Waals surface area contributed by atoms with Crippen LogP contribution in [0.5, 0.6) is 0 Å². The van der Waals surface area contributed by atoms with Crippen LogP contribution >= 0.6 is 0 Å². The Labute approximate surface area is 201 Å². The number of amides is 3. The van der Waals surface area contributed by atoms with Crippen molar-refractivity contribution in [3.05, 3.63) is 70.8 Å². The largest absolute Gasteiger partial charge is 0.416 e. The lowest BCUT2D eigenvalue weighted by Crippen LogP contribution is -2.63. The van der Waals surface area contributed by atoms with E-state index in [9.17, 15) is 27.6 Å². The number of rotatable bonds is 3. The van der Waals surface area contributed by atoms with Crippen molar-refractivity contribution in [2.45, 2.75) is 44.1 Å². The van der Waals surface area contributed by atoms with Gasteiger partial charge in [-0.05, 0) is 43.0 Å². The van der Waals surface area contributed by atoms with E-state index in [0.717, 1.165) is 28.2 Å². The molecule has 0 radical (unpaired) electrons. The van der Waals surface area contributed by atoms with Gasteiger partial charge in [-0.3, -0.25) is 24.6 Å². The normalized spacial score (nSPS) is 28.8. The third-order valence-corrected chi connectivity index (χ3v) is 7.63. The summed E-state index contributed by atoms with van der Waals surface area (Å²) in [5.41, 5.74) is 0.482. The first-order chi connectivity index (χ1) is 16.5. The van der Waals surface area contributed by atoms with Gasteiger partial charge in [0.25, 0.3) is 0 Å². The quantitative estimate of drug-likeness (QED) is 0.677. The maximum absolute atomic E-state index is 13.9.